The highest BCUT2D eigenvalue weighted by molar-refractivity contribution is 7.89. The molecule has 1 fully saturated rings. The van der Waals surface area contributed by atoms with E-state index in [2.05, 4.69) is 10.3 Å². The first kappa shape index (κ1) is 17.8. The zero-order valence-electron chi connectivity index (χ0n) is 14.1. The number of rotatable bonds is 5. The summed E-state index contributed by atoms with van der Waals surface area (Å²) in [7, 11) is -3.17. The Kier molecular flexibility index (Phi) is 5.56. The van der Waals surface area contributed by atoms with Crippen molar-refractivity contribution in [3.63, 3.8) is 0 Å². The molecule has 1 N–H and O–H groups in total. The van der Waals surface area contributed by atoms with Gasteiger partial charge >= 0.3 is 0 Å². The number of hydrogen-bond acceptors (Lipinski definition) is 5. The lowest BCUT2D eigenvalue weighted by Crippen LogP contribution is -2.36. The first-order valence-electron chi connectivity index (χ1n) is 8.74. The van der Waals surface area contributed by atoms with Gasteiger partial charge in [-0.05, 0) is 25.7 Å². The summed E-state index contributed by atoms with van der Waals surface area (Å²) in [5, 5.41) is 3.52. The minimum absolute atomic E-state index is 0.0334. The Labute approximate surface area is 147 Å². The number of nitrogens with zero attached hydrogens (tertiary/aromatic N) is 2. The number of anilines is 1. The average Bonchev–Trinajstić information content (AvgIpc) is 2.96. The van der Waals surface area contributed by atoms with Crippen LogP contribution in [-0.4, -0.2) is 35.9 Å². The van der Waals surface area contributed by atoms with E-state index in [4.69, 9.17) is 0 Å². The highest BCUT2D eigenvalue weighted by Crippen LogP contribution is 2.31. The lowest BCUT2D eigenvalue weighted by Gasteiger charge is -2.24. The van der Waals surface area contributed by atoms with Crippen molar-refractivity contribution in [2.75, 3.05) is 17.6 Å². The van der Waals surface area contributed by atoms with E-state index in [9.17, 15) is 13.2 Å². The Morgan fingerprint density at radius 3 is 2.79 bits per heavy atom. The summed E-state index contributed by atoms with van der Waals surface area (Å²) < 4.78 is 25.5. The molecule has 134 valence electrons. The minimum atomic E-state index is -3.17. The summed E-state index contributed by atoms with van der Waals surface area (Å²) in [6.07, 6.45) is 7.21. The van der Waals surface area contributed by atoms with Crippen LogP contribution in [0.4, 0.5) is 5.13 Å². The minimum Gasteiger partial charge on any atom is -0.302 e. The predicted octanol–water partition coefficient (Wildman–Crippen LogP) is 2.76. The maximum atomic E-state index is 12.2. The highest BCUT2D eigenvalue weighted by atomic mass is 32.2. The van der Waals surface area contributed by atoms with Crippen LogP contribution in [0.3, 0.4) is 0 Å². The van der Waals surface area contributed by atoms with Crippen LogP contribution >= 0.6 is 11.3 Å². The SMILES string of the molecule is CCS(=O)(=O)N1CCc2nc(NC(=O)CC3CCCCC3)sc2C1. The van der Waals surface area contributed by atoms with E-state index in [0.29, 0.717) is 37.0 Å². The Bertz CT molecular complexity index is 693. The third kappa shape index (κ3) is 4.15. The lowest BCUT2D eigenvalue weighted by molar-refractivity contribution is -0.117. The van der Waals surface area contributed by atoms with Gasteiger partial charge in [-0.25, -0.2) is 13.4 Å². The van der Waals surface area contributed by atoms with Crippen LogP contribution in [0, 0.1) is 5.92 Å². The zero-order chi connectivity index (χ0) is 17.2. The molecule has 0 radical (unpaired) electrons. The summed E-state index contributed by atoms with van der Waals surface area (Å²) in [6, 6.07) is 0. The van der Waals surface area contributed by atoms with Crippen LogP contribution in [-0.2, 0) is 27.8 Å². The molecule has 1 aromatic heterocycles. The monoisotopic (exact) mass is 371 g/mol. The van der Waals surface area contributed by atoms with Gasteiger partial charge in [0, 0.05) is 30.8 Å². The van der Waals surface area contributed by atoms with Gasteiger partial charge in [-0.2, -0.15) is 4.31 Å². The molecule has 0 bridgehead atoms. The fourth-order valence-corrected chi connectivity index (χ4v) is 5.65. The molecular weight excluding hydrogens is 346 g/mol. The first-order valence-corrected chi connectivity index (χ1v) is 11.2. The molecule has 0 aromatic carbocycles. The van der Waals surface area contributed by atoms with E-state index in [0.717, 1.165) is 23.4 Å². The summed E-state index contributed by atoms with van der Waals surface area (Å²) in [5.74, 6) is 0.649. The summed E-state index contributed by atoms with van der Waals surface area (Å²) in [4.78, 5) is 17.7. The van der Waals surface area contributed by atoms with Crippen molar-refractivity contribution in [3.05, 3.63) is 10.6 Å². The van der Waals surface area contributed by atoms with Gasteiger partial charge in [0.05, 0.1) is 11.4 Å². The average molecular weight is 372 g/mol. The molecule has 0 saturated heterocycles. The molecule has 2 heterocycles. The molecule has 1 aromatic rings. The quantitative estimate of drug-likeness (QED) is 0.863. The lowest BCUT2D eigenvalue weighted by atomic mass is 9.87. The maximum absolute atomic E-state index is 12.2. The fourth-order valence-electron chi connectivity index (χ4n) is 3.47. The third-order valence-corrected chi connectivity index (χ3v) is 7.73. The molecule has 1 amide bonds. The van der Waals surface area contributed by atoms with E-state index in [-0.39, 0.29) is 11.7 Å². The molecule has 0 spiro atoms. The number of carbonyl (C=O) groups excluding carboxylic acids is 1. The summed E-state index contributed by atoms with van der Waals surface area (Å²) in [6.45, 7) is 2.51. The second kappa shape index (κ2) is 7.49. The number of sulfonamides is 1. The van der Waals surface area contributed by atoms with Crippen LogP contribution in [0.2, 0.25) is 0 Å². The van der Waals surface area contributed by atoms with Gasteiger partial charge in [0.1, 0.15) is 0 Å². The number of aromatic nitrogens is 1. The van der Waals surface area contributed by atoms with Gasteiger partial charge in [-0.1, -0.05) is 19.3 Å². The van der Waals surface area contributed by atoms with Crippen LogP contribution in [0.15, 0.2) is 0 Å². The largest absolute Gasteiger partial charge is 0.302 e. The molecule has 0 unspecified atom stereocenters. The van der Waals surface area contributed by atoms with E-state index in [1.54, 1.807) is 6.92 Å². The third-order valence-electron chi connectivity index (χ3n) is 4.90. The molecule has 1 aliphatic heterocycles. The summed E-state index contributed by atoms with van der Waals surface area (Å²) >= 11 is 1.41. The Hall–Kier alpha value is -0.990. The molecule has 24 heavy (non-hydrogen) atoms. The topological polar surface area (TPSA) is 79.4 Å². The molecule has 3 rings (SSSR count). The van der Waals surface area contributed by atoms with Crippen molar-refractivity contribution >= 4 is 32.4 Å². The Morgan fingerprint density at radius 1 is 1.33 bits per heavy atom. The second-order valence-electron chi connectivity index (χ2n) is 6.63. The number of amides is 1. The molecule has 0 atom stereocenters. The van der Waals surface area contributed by atoms with Crippen LogP contribution in [0.25, 0.3) is 0 Å². The molecule has 6 nitrogen and oxygen atoms in total. The van der Waals surface area contributed by atoms with E-state index < -0.39 is 10.0 Å². The molecule has 1 saturated carbocycles. The van der Waals surface area contributed by atoms with E-state index >= 15 is 0 Å². The van der Waals surface area contributed by atoms with Crippen molar-refractivity contribution in [1.29, 1.82) is 0 Å². The molecular formula is C16H25N3O3S2. The molecule has 2 aliphatic rings. The second-order valence-corrected chi connectivity index (χ2v) is 9.97. The standard InChI is InChI=1S/C16H25N3O3S2/c1-2-24(21,22)19-9-8-13-14(11-19)23-16(17-13)18-15(20)10-12-6-4-3-5-7-12/h12H,2-11H2,1H3,(H,17,18,20). The van der Waals surface area contributed by atoms with Gasteiger partial charge in [-0.15, -0.1) is 11.3 Å². The van der Waals surface area contributed by atoms with E-state index in [1.807, 2.05) is 0 Å². The van der Waals surface area contributed by atoms with Crippen LogP contribution in [0.1, 0.15) is 56.0 Å². The van der Waals surface area contributed by atoms with Gasteiger partial charge in [0.2, 0.25) is 15.9 Å². The van der Waals surface area contributed by atoms with Crippen molar-refractivity contribution in [1.82, 2.24) is 9.29 Å². The smallest absolute Gasteiger partial charge is 0.226 e. The zero-order valence-corrected chi connectivity index (χ0v) is 15.7. The van der Waals surface area contributed by atoms with Crippen molar-refractivity contribution in [3.8, 4) is 0 Å². The number of fused-ring (bicyclic) bond motifs is 1. The van der Waals surface area contributed by atoms with Gasteiger partial charge < -0.3 is 5.32 Å². The number of hydrogen-bond donors (Lipinski definition) is 1. The van der Waals surface area contributed by atoms with E-state index in [1.165, 1.54) is 34.9 Å². The van der Waals surface area contributed by atoms with Gasteiger partial charge in [0.25, 0.3) is 0 Å². The van der Waals surface area contributed by atoms with Crippen molar-refractivity contribution < 1.29 is 13.2 Å². The van der Waals surface area contributed by atoms with Gasteiger partial charge in [0.15, 0.2) is 5.13 Å². The fraction of sp³-hybridized carbons (Fsp3) is 0.750. The first-order chi connectivity index (χ1) is 11.5. The predicted molar refractivity (Wildman–Crippen MR) is 95.5 cm³/mol. The number of nitrogens with one attached hydrogen (secondary N) is 1. The number of thiazole rings is 1. The molecule has 1 aliphatic carbocycles. The highest BCUT2D eigenvalue weighted by Gasteiger charge is 2.28. The van der Waals surface area contributed by atoms with Crippen molar-refractivity contribution in [2.24, 2.45) is 5.92 Å². The Morgan fingerprint density at radius 2 is 2.08 bits per heavy atom. The van der Waals surface area contributed by atoms with Gasteiger partial charge in [-0.3, -0.25) is 4.79 Å². The van der Waals surface area contributed by atoms with Crippen LogP contribution < -0.4 is 5.32 Å². The Balaban J connectivity index is 1.60. The summed E-state index contributed by atoms with van der Waals surface area (Å²) in [5.41, 5.74) is 0.926. The molecule has 8 heteroatoms. The number of carbonyl (C=O) groups is 1. The normalized spacial score (nSPS) is 19.9. The maximum Gasteiger partial charge on any atom is 0.226 e. The van der Waals surface area contributed by atoms with Crippen molar-refractivity contribution in [2.45, 2.75) is 58.4 Å². The van der Waals surface area contributed by atoms with Crippen LogP contribution in [0.5, 0.6) is 0 Å².